The van der Waals surface area contributed by atoms with Crippen molar-refractivity contribution in [3.63, 3.8) is 0 Å². The normalized spacial score (nSPS) is 15.5. The smallest absolute Gasteiger partial charge is 0.253 e. The Bertz CT molecular complexity index is 1520. The van der Waals surface area contributed by atoms with E-state index in [0.29, 0.717) is 52.3 Å². The molecule has 0 unspecified atom stereocenters. The maximum Gasteiger partial charge on any atom is 0.253 e. The average Bonchev–Trinajstić information content (AvgIpc) is 3.65. The molecule has 42 heavy (non-hydrogen) atoms. The Balaban J connectivity index is 1.46. The van der Waals surface area contributed by atoms with Crippen LogP contribution >= 0.6 is 0 Å². The monoisotopic (exact) mass is 571 g/mol. The van der Waals surface area contributed by atoms with E-state index in [4.69, 9.17) is 9.47 Å². The number of hydrogen-bond donors (Lipinski definition) is 3. The number of rotatable bonds is 8. The molecule has 1 fully saturated rings. The molecule has 0 bridgehead atoms. The predicted octanol–water partition coefficient (Wildman–Crippen LogP) is 4.59. The predicted molar refractivity (Wildman–Crippen MR) is 160 cm³/mol. The minimum atomic E-state index is -0.660. The molecule has 1 aliphatic carbocycles. The first-order valence-electron chi connectivity index (χ1n) is 14.0. The van der Waals surface area contributed by atoms with E-state index in [9.17, 15) is 19.5 Å². The minimum Gasteiger partial charge on any atom is -0.454 e. The number of carbonyl (C=O) groups is 3. The van der Waals surface area contributed by atoms with Gasteiger partial charge in [-0.2, -0.15) is 0 Å². The van der Waals surface area contributed by atoms with Crippen molar-refractivity contribution in [1.29, 1.82) is 0 Å². The molecule has 3 aromatic rings. The van der Waals surface area contributed by atoms with Gasteiger partial charge in [0.05, 0.1) is 18.1 Å². The van der Waals surface area contributed by atoms with Crippen LogP contribution in [0.1, 0.15) is 59.9 Å². The van der Waals surface area contributed by atoms with E-state index in [0.717, 1.165) is 5.56 Å². The Labute approximate surface area is 245 Å². The van der Waals surface area contributed by atoms with Gasteiger partial charge in [0, 0.05) is 30.9 Å². The summed E-state index contributed by atoms with van der Waals surface area (Å²) in [5.74, 6) is 0.696. The number of hydrogen-bond acceptors (Lipinski definition) is 6. The summed E-state index contributed by atoms with van der Waals surface area (Å²) < 4.78 is 10.9. The maximum absolute atomic E-state index is 13.6. The molecule has 0 radical (unpaired) electrons. The summed E-state index contributed by atoms with van der Waals surface area (Å²) in [4.78, 5) is 41.1. The van der Waals surface area contributed by atoms with E-state index in [1.54, 1.807) is 56.6 Å². The largest absolute Gasteiger partial charge is 0.454 e. The number of nitrogens with zero attached hydrogens (tertiary/aromatic N) is 1. The molecule has 9 heteroatoms. The molecule has 0 saturated heterocycles. The van der Waals surface area contributed by atoms with Crippen molar-refractivity contribution in [2.75, 3.05) is 32.8 Å². The van der Waals surface area contributed by atoms with Crippen LogP contribution in [0.25, 0.3) is 11.1 Å². The number of carbonyl (C=O) groups excluding carboxylic acids is 3. The SMILES string of the molecule is CN(C)C(=O)c1ccc(-c2cc(NC(=O)C3(c4ccc5c(c4)OCO5)CC3)ccc2C(=O)N[C@H](CO)C(C)(C)C)cc1. The quantitative estimate of drug-likeness (QED) is 0.364. The summed E-state index contributed by atoms with van der Waals surface area (Å²) >= 11 is 0. The van der Waals surface area contributed by atoms with Crippen LogP contribution < -0.4 is 20.1 Å². The van der Waals surface area contributed by atoms with Gasteiger partial charge in [-0.25, -0.2) is 0 Å². The lowest BCUT2D eigenvalue weighted by Crippen LogP contribution is -2.46. The van der Waals surface area contributed by atoms with Gasteiger partial charge >= 0.3 is 0 Å². The highest BCUT2D eigenvalue weighted by atomic mass is 16.7. The van der Waals surface area contributed by atoms with Gasteiger partial charge in [-0.15, -0.1) is 0 Å². The third kappa shape index (κ3) is 5.69. The van der Waals surface area contributed by atoms with E-state index < -0.39 is 11.5 Å². The van der Waals surface area contributed by atoms with Crippen molar-refractivity contribution >= 4 is 23.4 Å². The third-order valence-corrected chi connectivity index (χ3v) is 8.01. The molecule has 3 aromatic carbocycles. The van der Waals surface area contributed by atoms with Gasteiger partial charge in [-0.05, 0) is 77.4 Å². The van der Waals surface area contributed by atoms with E-state index in [1.807, 2.05) is 39.0 Å². The Morgan fingerprint density at radius 3 is 2.26 bits per heavy atom. The van der Waals surface area contributed by atoms with Gasteiger partial charge in [0.25, 0.3) is 11.8 Å². The van der Waals surface area contributed by atoms with Crippen LogP contribution in [0.2, 0.25) is 0 Å². The third-order valence-electron chi connectivity index (χ3n) is 8.01. The Morgan fingerprint density at radius 1 is 0.952 bits per heavy atom. The fourth-order valence-corrected chi connectivity index (χ4v) is 5.10. The van der Waals surface area contributed by atoms with Crippen LogP contribution in [0.4, 0.5) is 5.69 Å². The molecule has 1 heterocycles. The van der Waals surface area contributed by atoms with Crippen molar-refractivity contribution in [1.82, 2.24) is 10.2 Å². The number of ether oxygens (including phenoxy) is 2. The first-order valence-corrected chi connectivity index (χ1v) is 14.0. The molecule has 3 N–H and O–H groups in total. The van der Waals surface area contributed by atoms with Crippen molar-refractivity contribution in [2.24, 2.45) is 5.41 Å². The molecule has 0 spiro atoms. The van der Waals surface area contributed by atoms with Gasteiger partial charge in [-0.3, -0.25) is 14.4 Å². The highest BCUT2D eigenvalue weighted by Crippen LogP contribution is 2.51. The summed E-state index contributed by atoms with van der Waals surface area (Å²) in [5, 5.41) is 15.9. The van der Waals surface area contributed by atoms with Gasteiger partial charge < -0.3 is 30.1 Å². The molecule has 2 aliphatic rings. The Hall–Kier alpha value is -4.37. The number of aliphatic hydroxyl groups excluding tert-OH is 1. The second kappa shape index (κ2) is 11.1. The molecule has 9 nitrogen and oxygen atoms in total. The van der Waals surface area contributed by atoms with E-state index in [1.165, 1.54) is 4.90 Å². The van der Waals surface area contributed by atoms with E-state index in [-0.39, 0.29) is 36.5 Å². The summed E-state index contributed by atoms with van der Waals surface area (Å²) in [6.07, 6.45) is 1.42. The first-order chi connectivity index (χ1) is 19.9. The Morgan fingerprint density at radius 2 is 1.64 bits per heavy atom. The summed E-state index contributed by atoms with van der Waals surface area (Å²) in [7, 11) is 3.38. The molecule has 220 valence electrons. The zero-order valence-corrected chi connectivity index (χ0v) is 24.6. The Kier molecular flexibility index (Phi) is 7.72. The molecular weight excluding hydrogens is 534 g/mol. The molecule has 5 rings (SSSR count). The topological polar surface area (TPSA) is 117 Å². The fraction of sp³-hybridized carbons (Fsp3) is 0.364. The van der Waals surface area contributed by atoms with E-state index >= 15 is 0 Å². The molecule has 0 aromatic heterocycles. The average molecular weight is 572 g/mol. The van der Waals surface area contributed by atoms with Crippen molar-refractivity contribution in [3.05, 3.63) is 77.4 Å². The van der Waals surface area contributed by atoms with E-state index in [2.05, 4.69) is 10.6 Å². The van der Waals surface area contributed by atoms with Crippen LogP contribution in [-0.4, -0.2) is 61.3 Å². The fourth-order valence-electron chi connectivity index (χ4n) is 5.10. The van der Waals surface area contributed by atoms with Crippen molar-refractivity contribution < 1.29 is 29.0 Å². The van der Waals surface area contributed by atoms with Gasteiger partial charge in [0.15, 0.2) is 11.5 Å². The molecule has 1 atom stereocenters. The van der Waals surface area contributed by atoms with Crippen LogP contribution in [0, 0.1) is 5.41 Å². The molecule has 1 aliphatic heterocycles. The number of amides is 3. The second-order valence-corrected chi connectivity index (χ2v) is 12.2. The van der Waals surface area contributed by atoms with Crippen LogP contribution in [0.3, 0.4) is 0 Å². The van der Waals surface area contributed by atoms with Gasteiger partial charge in [-0.1, -0.05) is 39.0 Å². The van der Waals surface area contributed by atoms with Crippen molar-refractivity contribution in [2.45, 2.75) is 45.1 Å². The first kappa shape index (κ1) is 29.1. The van der Waals surface area contributed by atoms with Crippen LogP contribution in [-0.2, 0) is 10.2 Å². The van der Waals surface area contributed by atoms with Gasteiger partial charge in [0.2, 0.25) is 12.7 Å². The van der Waals surface area contributed by atoms with Crippen molar-refractivity contribution in [3.8, 4) is 22.6 Å². The molecule has 1 saturated carbocycles. The lowest BCUT2D eigenvalue weighted by molar-refractivity contribution is -0.118. The van der Waals surface area contributed by atoms with Crippen LogP contribution in [0.5, 0.6) is 11.5 Å². The molecular formula is C33H37N3O6. The summed E-state index contributed by atoms with van der Waals surface area (Å²) in [6.45, 7) is 5.80. The van der Waals surface area contributed by atoms with Gasteiger partial charge in [0.1, 0.15) is 0 Å². The lowest BCUT2D eigenvalue weighted by Gasteiger charge is -2.30. The minimum absolute atomic E-state index is 0.130. The molecule has 3 amide bonds. The second-order valence-electron chi connectivity index (χ2n) is 12.2. The standard InChI is InChI=1S/C33H37N3O6/c1-32(2,3)28(18-37)35-29(38)24-12-11-23(17-25(24)20-6-8-21(9-7-20)30(39)36(4)5)34-31(40)33(14-15-33)22-10-13-26-27(16-22)42-19-41-26/h6-13,16-17,28,37H,14-15,18-19H2,1-5H3,(H,34,40)(H,35,38)/t28-/m1/s1. The number of fused-ring (bicyclic) bond motifs is 1. The number of aliphatic hydroxyl groups is 1. The van der Waals surface area contributed by atoms with Crippen LogP contribution in [0.15, 0.2) is 60.7 Å². The number of anilines is 1. The number of nitrogens with one attached hydrogen (secondary N) is 2. The lowest BCUT2D eigenvalue weighted by atomic mass is 9.87. The zero-order chi connectivity index (χ0) is 30.2. The summed E-state index contributed by atoms with van der Waals surface area (Å²) in [5.41, 5.74) is 2.60. The highest BCUT2D eigenvalue weighted by molar-refractivity contribution is 6.05. The highest BCUT2D eigenvalue weighted by Gasteiger charge is 2.51. The maximum atomic E-state index is 13.6. The number of benzene rings is 3. The summed E-state index contributed by atoms with van der Waals surface area (Å²) in [6, 6.07) is 17.3. The zero-order valence-electron chi connectivity index (χ0n) is 24.6.